The van der Waals surface area contributed by atoms with Crippen molar-refractivity contribution in [2.45, 2.75) is 25.7 Å². The Labute approximate surface area is 113 Å². The van der Waals surface area contributed by atoms with Crippen molar-refractivity contribution < 1.29 is 0 Å². The quantitative estimate of drug-likeness (QED) is 0.870. The molecular formula is C16H17N3. The van der Waals surface area contributed by atoms with Gasteiger partial charge in [-0.2, -0.15) is 5.10 Å². The molecule has 2 aliphatic carbocycles. The Morgan fingerprint density at radius 3 is 3.00 bits per heavy atom. The zero-order chi connectivity index (χ0) is 13.1. The first kappa shape index (κ1) is 11.9. The summed E-state index contributed by atoms with van der Waals surface area (Å²) in [4.78, 5) is 4.63. The summed E-state index contributed by atoms with van der Waals surface area (Å²) in [7, 11) is 0. The summed E-state index contributed by atoms with van der Waals surface area (Å²) in [6.45, 7) is 2.11. The molecule has 0 spiro atoms. The Morgan fingerprint density at radius 1 is 1.21 bits per heavy atom. The van der Waals surface area contributed by atoms with Gasteiger partial charge in [-0.1, -0.05) is 54.2 Å². The molecule has 19 heavy (non-hydrogen) atoms. The molecule has 96 valence electrons. The third-order valence-electron chi connectivity index (χ3n) is 3.40. The van der Waals surface area contributed by atoms with Gasteiger partial charge in [0.2, 0.25) is 0 Å². The van der Waals surface area contributed by atoms with Crippen molar-refractivity contribution in [3.05, 3.63) is 65.8 Å². The smallest absolute Gasteiger partial charge is 0.180 e. The summed E-state index contributed by atoms with van der Waals surface area (Å²) in [5, 5.41) is 7.41. The van der Waals surface area contributed by atoms with Crippen molar-refractivity contribution in [1.29, 1.82) is 0 Å². The summed E-state index contributed by atoms with van der Waals surface area (Å²) in [6, 6.07) is 0. The van der Waals surface area contributed by atoms with Gasteiger partial charge >= 0.3 is 0 Å². The molecule has 1 N–H and O–H groups in total. The molecule has 1 atom stereocenters. The molecular weight excluding hydrogens is 234 g/mol. The van der Waals surface area contributed by atoms with Gasteiger partial charge in [-0.05, 0) is 19.8 Å². The number of aromatic nitrogens is 3. The molecule has 0 radical (unpaired) electrons. The van der Waals surface area contributed by atoms with Gasteiger partial charge in [-0.3, -0.25) is 5.10 Å². The summed E-state index contributed by atoms with van der Waals surface area (Å²) in [5.41, 5.74) is 2.37. The van der Waals surface area contributed by atoms with Crippen LogP contribution in [0.5, 0.6) is 0 Å². The minimum absolute atomic E-state index is 0.321. The second-order valence-electron chi connectivity index (χ2n) is 4.88. The largest absolute Gasteiger partial charge is 0.262 e. The van der Waals surface area contributed by atoms with Crippen LogP contribution in [0.4, 0.5) is 0 Å². The molecule has 1 aromatic rings. The highest BCUT2D eigenvalue weighted by molar-refractivity contribution is 5.70. The number of hydrogen-bond donors (Lipinski definition) is 1. The second kappa shape index (κ2) is 5.22. The fourth-order valence-electron chi connectivity index (χ4n) is 2.25. The SMILES string of the molecule is CC1=CCC=C(c2n[nH]c(C3C=CC=CC3)n2)C=C1. The average Bonchev–Trinajstić information content (AvgIpc) is 2.84. The molecule has 0 saturated carbocycles. The molecule has 0 aromatic carbocycles. The fraction of sp³-hybridized carbons (Fsp3) is 0.250. The highest BCUT2D eigenvalue weighted by atomic mass is 15.2. The molecule has 0 amide bonds. The van der Waals surface area contributed by atoms with E-state index in [-0.39, 0.29) is 0 Å². The summed E-state index contributed by atoms with van der Waals surface area (Å²) < 4.78 is 0. The molecule has 3 rings (SSSR count). The minimum atomic E-state index is 0.321. The van der Waals surface area contributed by atoms with Crippen LogP contribution in [-0.2, 0) is 0 Å². The molecule has 0 bridgehead atoms. The van der Waals surface area contributed by atoms with E-state index < -0.39 is 0 Å². The Morgan fingerprint density at radius 2 is 2.16 bits per heavy atom. The van der Waals surface area contributed by atoms with E-state index >= 15 is 0 Å². The van der Waals surface area contributed by atoms with Gasteiger partial charge in [0.15, 0.2) is 5.82 Å². The van der Waals surface area contributed by atoms with E-state index in [0.717, 1.165) is 30.1 Å². The lowest BCUT2D eigenvalue weighted by molar-refractivity contribution is 0.778. The van der Waals surface area contributed by atoms with Crippen LogP contribution in [0.3, 0.4) is 0 Å². The van der Waals surface area contributed by atoms with E-state index in [1.54, 1.807) is 0 Å². The third kappa shape index (κ3) is 2.65. The second-order valence-corrected chi connectivity index (χ2v) is 4.88. The van der Waals surface area contributed by atoms with E-state index in [2.05, 4.69) is 70.7 Å². The van der Waals surface area contributed by atoms with Gasteiger partial charge in [0, 0.05) is 11.5 Å². The number of hydrogen-bond acceptors (Lipinski definition) is 2. The predicted molar refractivity (Wildman–Crippen MR) is 77.5 cm³/mol. The van der Waals surface area contributed by atoms with Crippen LogP contribution < -0.4 is 0 Å². The normalized spacial score (nSPS) is 22.1. The fourth-order valence-corrected chi connectivity index (χ4v) is 2.25. The first-order valence-electron chi connectivity index (χ1n) is 6.64. The maximum absolute atomic E-state index is 4.63. The number of rotatable bonds is 2. The molecule has 1 aromatic heterocycles. The van der Waals surface area contributed by atoms with Gasteiger partial charge < -0.3 is 0 Å². The number of H-pyrrole nitrogens is 1. The highest BCUT2D eigenvalue weighted by Gasteiger charge is 2.14. The molecule has 0 aliphatic heterocycles. The zero-order valence-electron chi connectivity index (χ0n) is 11.0. The van der Waals surface area contributed by atoms with Crippen LogP contribution in [0.15, 0.2) is 54.2 Å². The van der Waals surface area contributed by atoms with Crippen LogP contribution in [-0.4, -0.2) is 15.2 Å². The van der Waals surface area contributed by atoms with E-state index in [4.69, 9.17) is 0 Å². The van der Waals surface area contributed by atoms with Crippen molar-refractivity contribution in [1.82, 2.24) is 15.2 Å². The van der Waals surface area contributed by atoms with Crippen molar-refractivity contribution in [2.75, 3.05) is 0 Å². The summed E-state index contributed by atoms with van der Waals surface area (Å²) in [5.74, 6) is 2.05. The molecule has 0 fully saturated rings. The number of allylic oxidation sites excluding steroid dienone is 10. The molecule has 3 heteroatoms. The number of aromatic amines is 1. The standard InChI is InChI=1S/C16H17N3/c1-12-6-5-9-14(11-10-12)16-17-15(18-19-16)13-7-3-2-4-8-13/h2-4,6-7,9-11,13H,5,8H2,1H3,(H,17,18,19). The lowest BCUT2D eigenvalue weighted by atomic mass is 10.0. The minimum Gasteiger partial charge on any atom is -0.262 e. The van der Waals surface area contributed by atoms with Crippen molar-refractivity contribution in [2.24, 2.45) is 0 Å². The van der Waals surface area contributed by atoms with Gasteiger partial charge in [0.25, 0.3) is 0 Å². The Kier molecular flexibility index (Phi) is 3.27. The topological polar surface area (TPSA) is 41.6 Å². The van der Waals surface area contributed by atoms with Crippen molar-refractivity contribution in [3.8, 4) is 0 Å². The Balaban J connectivity index is 1.82. The van der Waals surface area contributed by atoms with Crippen molar-refractivity contribution in [3.63, 3.8) is 0 Å². The van der Waals surface area contributed by atoms with Crippen LogP contribution in [0, 0.1) is 0 Å². The monoisotopic (exact) mass is 251 g/mol. The van der Waals surface area contributed by atoms with Crippen LogP contribution >= 0.6 is 0 Å². The van der Waals surface area contributed by atoms with Gasteiger partial charge in [0.05, 0.1) is 0 Å². The Hall–Kier alpha value is -2.16. The van der Waals surface area contributed by atoms with E-state index in [9.17, 15) is 0 Å². The maximum atomic E-state index is 4.63. The van der Waals surface area contributed by atoms with Crippen LogP contribution in [0.2, 0.25) is 0 Å². The molecule has 2 aliphatic rings. The van der Waals surface area contributed by atoms with E-state index in [1.165, 1.54) is 5.57 Å². The summed E-state index contributed by atoms with van der Waals surface area (Å²) >= 11 is 0. The van der Waals surface area contributed by atoms with E-state index in [1.807, 2.05) is 0 Å². The molecule has 3 nitrogen and oxygen atoms in total. The van der Waals surface area contributed by atoms with E-state index in [0.29, 0.717) is 5.92 Å². The first-order valence-corrected chi connectivity index (χ1v) is 6.64. The van der Waals surface area contributed by atoms with Crippen LogP contribution in [0.1, 0.15) is 37.3 Å². The maximum Gasteiger partial charge on any atom is 0.180 e. The van der Waals surface area contributed by atoms with Gasteiger partial charge in [0.1, 0.15) is 5.82 Å². The lowest BCUT2D eigenvalue weighted by Gasteiger charge is -2.08. The van der Waals surface area contributed by atoms with Gasteiger partial charge in [-0.25, -0.2) is 4.98 Å². The first-order chi connectivity index (χ1) is 9.33. The Bertz CT molecular complexity index is 612. The average molecular weight is 251 g/mol. The highest BCUT2D eigenvalue weighted by Crippen LogP contribution is 2.23. The molecule has 0 saturated heterocycles. The van der Waals surface area contributed by atoms with Gasteiger partial charge in [-0.15, -0.1) is 0 Å². The lowest BCUT2D eigenvalue weighted by Crippen LogP contribution is -1.98. The third-order valence-corrected chi connectivity index (χ3v) is 3.40. The van der Waals surface area contributed by atoms with Crippen LogP contribution in [0.25, 0.3) is 5.57 Å². The molecule has 1 unspecified atom stereocenters. The van der Waals surface area contributed by atoms with Crippen molar-refractivity contribution >= 4 is 5.57 Å². The number of nitrogens with one attached hydrogen (secondary N) is 1. The molecule has 1 heterocycles. The predicted octanol–water partition coefficient (Wildman–Crippen LogP) is 3.69. The summed E-state index contributed by atoms with van der Waals surface area (Å²) in [6.07, 6.45) is 18.9. The number of nitrogens with zero attached hydrogens (tertiary/aromatic N) is 2. The zero-order valence-corrected chi connectivity index (χ0v) is 11.0.